The third kappa shape index (κ3) is 3.85. The van der Waals surface area contributed by atoms with Gasteiger partial charge < -0.3 is 14.6 Å². The summed E-state index contributed by atoms with van der Waals surface area (Å²) in [4.78, 5) is 20.0. The number of nitrogens with zero attached hydrogens (tertiary/aromatic N) is 2. The lowest BCUT2D eigenvalue weighted by atomic mass is 9.88. The number of hydrogen-bond acceptors (Lipinski definition) is 3. The first-order chi connectivity index (χ1) is 15.9. The molecule has 6 rings (SSSR count). The topological polar surface area (TPSA) is 48.6 Å². The number of nitrogens with one attached hydrogen (secondary N) is 1. The van der Waals surface area contributed by atoms with Gasteiger partial charge in [-0.2, -0.15) is 0 Å². The number of aromatic amines is 1. The van der Waals surface area contributed by atoms with Gasteiger partial charge in [-0.25, -0.2) is 4.39 Å². The lowest BCUT2D eigenvalue weighted by Crippen LogP contribution is -2.61. The predicted molar refractivity (Wildman–Crippen MR) is 126 cm³/mol. The first-order valence-electron chi connectivity index (χ1n) is 12.0. The normalized spacial score (nSPS) is 22.2. The first kappa shape index (κ1) is 20.9. The first-order valence-corrected chi connectivity index (χ1v) is 12.0. The van der Waals surface area contributed by atoms with E-state index < -0.39 is 0 Å². The maximum Gasteiger partial charge on any atom is 0.249 e. The third-order valence-corrected chi connectivity index (χ3v) is 7.98. The molecule has 1 N–H and O–H groups in total. The lowest BCUT2D eigenvalue weighted by molar-refractivity contribution is -0.177. The number of H-pyrrole nitrogens is 1. The average Bonchev–Trinajstić information content (AvgIpc) is 3.39. The Bertz CT molecular complexity index is 1210. The second-order valence-electron chi connectivity index (χ2n) is 10.3. The van der Waals surface area contributed by atoms with Gasteiger partial charge in [-0.1, -0.05) is 24.3 Å². The zero-order valence-electron chi connectivity index (χ0n) is 19.1. The molecule has 3 fully saturated rings. The number of ether oxygens (including phenoxy) is 1. The van der Waals surface area contributed by atoms with Crippen LogP contribution in [0.4, 0.5) is 4.39 Å². The summed E-state index contributed by atoms with van der Waals surface area (Å²) in [7, 11) is 0. The highest BCUT2D eigenvalue weighted by Crippen LogP contribution is 2.44. The molecular weight excluding hydrogens is 417 g/mol. The summed E-state index contributed by atoms with van der Waals surface area (Å²) in [6, 6.07) is 13.8. The van der Waals surface area contributed by atoms with Crippen LogP contribution in [0.2, 0.25) is 0 Å². The molecule has 1 saturated carbocycles. The van der Waals surface area contributed by atoms with Crippen LogP contribution in [-0.4, -0.2) is 58.1 Å². The van der Waals surface area contributed by atoms with Crippen LogP contribution in [0.3, 0.4) is 0 Å². The van der Waals surface area contributed by atoms with E-state index in [0.717, 1.165) is 66.4 Å². The quantitative estimate of drug-likeness (QED) is 0.630. The van der Waals surface area contributed by atoms with Gasteiger partial charge in [-0.05, 0) is 67.3 Å². The Morgan fingerprint density at radius 2 is 1.79 bits per heavy atom. The fourth-order valence-electron chi connectivity index (χ4n) is 5.40. The maximum absolute atomic E-state index is 15.0. The summed E-state index contributed by atoms with van der Waals surface area (Å²) in [6.07, 6.45) is 5.86. The van der Waals surface area contributed by atoms with E-state index in [9.17, 15) is 4.79 Å². The zero-order chi connectivity index (χ0) is 22.6. The molecule has 3 aliphatic rings. The highest BCUT2D eigenvalue weighted by Gasteiger charge is 2.52. The van der Waals surface area contributed by atoms with Crippen molar-refractivity contribution in [3.63, 3.8) is 0 Å². The minimum absolute atomic E-state index is 0.0429. The molecule has 6 heteroatoms. The van der Waals surface area contributed by atoms with Crippen LogP contribution in [-0.2, 0) is 16.1 Å². The predicted octanol–water partition coefficient (Wildman–Crippen LogP) is 4.72. The van der Waals surface area contributed by atoms with E-state index in [1.54, 1.807) is 6.07 Å². The van der Waals surface area contributed by atoms with Gasteiger partial charge in [0, 0.05) is 42.5 Å². The summed E-state index contributed by atoms with van der Waals surface area (Å²) in [5, 5.41) is 1.15. The Labute approximate surface area is 193 Å². The lowest BCUT2D eigenvalue weighted by Gasteiger charge is -2.48. The molecule has 3 aromatic rings. The Kier molecular flexibility index (Phi) is 4.85. The molecule has 2 aliphatic heterocycles. The molecule has 0 bridgehead atoms. The third-order valence-electron chi connectivity index (χ3n) is 7.98. The number of halogens is 1. The van der Waals surface area contributed by atoms with E-state index in [-0.39, 0.29) is 29.5 Å². The van der Waals surface area contributed by atoms with Crippen molar-refractivity contribution in [1.82, 2.24) is 14.8 Å². The van der Waals surface area contributed by atoms with E-state index >= 15 is 4.39 Å². The minimum Gasteiger partial charge on any atom is -0.363 e. The molecule has 172 valence electrons. The van der Waals surface area contributed by atoms with Crippen molar-refractivity contribution in [2.75, 3.05) is 26.2 Å². The van der Waals surface area contributed by atoms with Gasteiger partial charge in [-0.3, -0.25) is 9.69 Å². The number of rotatable bonds is 4. The van der Waals surface area contributed by atoms with E-state index in [4.69, 9.17) is 4.74 Å². The Morgan fingerprint density at radius 1 is 1.03 bits per heavy atom. The number of hydrogen-bond donors (Lipinski definition) is 1. The number of piperidine rings is 1. The molecule has 1 aromatic heterocycles. The van der Waals surface area contributed by atoms with E-state index in [1.165, 1.54) is 0 Å². The Hall–Kier alpha value is -2.70. The number of benzene rings is 2. The molecule has 0 atom stereocenters. The van der Waals surface area contributed by atoms with Gasteiger partial charge in [0.15, 0.2) is 0 Å². The van der Waals surface area contributed by atoms with Crippen molar-refractivity contribution < 1.29 is 13.9 Å². The second-order valence-corrected chi connectivity index (χ2v) is 10.3. The SMILES string of the molecule is CC1(N2CC3(CCN(Cc4ccc(-c5ccc6cc[nH]c6c5)cc4F)CC3)OCC2=O)CC1. The summed E-state index contributed by atoms with van der Waals surface area (Å²) in [5.74, 6) is -0.0349. The monoisotopic (exact) mass is 447 g/mol. The van der Waals surface area contributed by atoms with Gasteiger partial charge in [0.1, 0.15) is 12.4 Å². The molecule has 3 heterocycles. The number of amides is 1. The van der Waals surface area contributed by atoms with Crippen LogP contribution < -0.4 is 0 Å². The number of morpholine rings is 1. The van der Waals surface area contributed by atoms with E-state index in [1.807, 2.05) is 30.5 Å². The van der Waals surface area contributed by atoms with Crippen LogP contribution in [0.15, 0.2) is 48.7 Å². The van der Waals surface area contributed by atoms with Gasteiger partial charge >= 0.3 is 0 Å². The minimum atomic E-state index is -0.241. The summed E-state index contributed by atoms with van der Waals surface area (Å²) < 4.78 is 21.1. The van der Waals surface area contributed by atoms with E-state index in [2.05, 4.69) is 33.8 Å². The maximum atomic E-state index is 15.0. The van der Waals surface area contributed by atoms with Crippen LogP contribution in [0.1, 0.15) is 38.2 Å². The summed E-state index contributed by atoms with van der Waals surface area (Å²) in [5.41, 5.74) is 3.48. The fraction of sp³-hybridized carbons (Fsp3) is 0.444. The van der Waals surface area contributed by atoms with Gasteiger partial charge in [-0.15, -0.1) is 0 Å². The molecular formula is C27H30FN3O2. The van der Waals surface area contributed by atoms with Crippen molar-refractivity contribution in [2.24, 2.45) is 0 Å². The largest absolute Gasteiger partial charge is 0.363 e. The van der Waals surface area contributed by atoms with Gasteiger partial charge in [0.05, 0.1) is 12.1 Å². The number of aromatic nitrogens is 1. The van der Waals surface area contributed by atoms with Crippen LogP contribution >= 0.6 is 0 Å². The highest BCUT2D eigenvalue weighted by molar-refractivity contribution is 5.84. The fourth-order valence-corrected chi connectivity index (χ4v) is 5.40. The summed E-state index contributed by atoms with van der Waals surface area (Å²) in [6.45, 7) is 5.37. The summed E-state index contributed by atoms with van der Waals surface area (Å²) >= 11 is 0. The van der Waals surface area contributed by atoms with Crippen LogP contribution in [0.5, 0.6) is 0 Å². The van der Waals surface area contributed by atoms with E-state index in [0.29, 0.717) is 13.1 Å². The van der Waals surface area contributed by atoms with Gasteiger partial charge in [0.25, 0.3) is 0 Å². The average molecular weight is 448 g/mol. The second kappa shape index (κ2) is 7.67. The van der Waals surface area contributed by atoms with Gasteiger partial charge in [0.2, 0.25) is 5.91 Å². The molecule has 1 amide bonds. The number of likely N-dealkylation sites (tertiary alicyclic amines) is 1. The van der Waals surface area contributed by atoms with Crippen molar-refractivity contribution in [2.45, 2.75) is 50.3 Å². The molecule has 2 aromatic carbocycles. The molecule has 2 saturated heterocycles. The molecule has 1 spiro atoms. The number of fused-ring (bicyclic) bond motifs is 1. The molecule has 0 radical (unpaired) electrons. The number of carbonyl (C=O) groups is 1. The molecule has 33 heavy (non-hydrogen) atoms. The van der Waals surface area contributed by atoms with Crippen molar-refractivity contribution >= 4 is 16.8 Å². The molecule has 1 aliphatic carbocycles. The Morgan fingerprint density at radius 3 is 2.55 bits per heavy atom. The molecule has 0 unspecified atom stereocenters. The van der Waals surface area contributed by atoms with Crippen LogP contribution in [0.25, 0.3) is 22.0 Å². The van der Waals surface area contributed by atoms with Crippen LogP contribution in [0, 0.1) is 5.82 Å². The zero-order valence-corrected chi connectivity index (χ0v) is 19.1. The Balaban J connectivity index is 1.11. The van der Waals surface area contributed by atoms with Crippen molar-refractivity contribution in [3.05, 3.63) is 60.0 Å². The highest BCUT2D eigenvalue weighted by atomic mass is 19.1. The van der Waals surface area contributed by atoms with Crippen molar-refractivity contribution in [1.29, 1.82) is 0 Å². The smallest absolute Gasteiger partial charge is 0.249 e. The number of carbonyl (C=O) groups excluding carboxylic acids is 1. The van der Waals surface area contributed by atoms with Crippen molar-refractivity contribution in [3.8, 4) is 11.1 Å². The molecule has 5 nitrogen and oxygen atoms in total. The standard InChI is InChI=1S/C27H30FN3O2/c1-26(7-8-26)31-18-27(33-17-25(31)32)9-12-30(13-10-27)16-22-5-4-20(14-23(22)28)21-3-2-19-6-11-29-24(19)15-21/h2-6,11,14-15,29H,7-10,12-13,16-18H2,1H3.